The van der Waals surface area contributed by atoms with Gasteiger partial charge in [0.15, 0.2) is 0 Å². The topological polar surface area (TPSA) is 44.8 Å². The second-order valence-electron chi connectivity index (χ2n) is 6.21. The predicted octanol–water partition coefficient (Wildman–Crippen LogP) is 2.75. The summed E-state index contributed by atoms with van der Waals surface area (Å²) < 4.78 is 15.8. The number of esters is 1. The summed E-state index contributed by atoms with van der Waals surface area (Å²) in [7, 11) is 3.32. The van der Waals surface area contributed by atoms with Gasteiger partial charge in [0, 0.05) is 25.7 Å². The molecule has 0 bridgehead atoms. The Bertz CT molecular complexity index is 271. The Morgan fingerprint density at radius 1 is 1.16 bits per heavy atom. The van der Waals surface area contributed by atoms with Crippen molar-refractivity contribution in [3.8, 4) is 0 Å². The van der Waals surface area contributed by atoms with E-state index in [1.54, 1.807) is 26.0 Å². The van der Waals surface area contributed by atoms with Gasteiger partial charge in [-0.1, -0.05) is 0 Å². The van der Waals surface area contributed by atoms with E-state index in [2.05, 4.69) is 0 Å². The standard InChI is InChI=1S/C14H28O4S/c1-13(2,3)18-12(15)14(4,5)10-19-9-11(17-7)8-16-6/h11H,8-10H2,1-7H3. The molecule has 0 aromatic heterocycles. The smallest absolute Gasteiger partial charge is 0.312 e. The highest BCUT2D eigenvalue weighted by Crippen LogP contribution is 2.26. The van der Waals surface area contributed by atoms with Crippen molar-refractivity contribution in [1.82, 2.24) is 0 Å². The largest absolute Gasteiger partial charge is 0.460 e. The molecular formula is C14H28O4S. The highest BCUT2D eigenvalue weighted by atomic mass is 32.2. The van der Waals surface area contributed by atoms with E-state index in [1.165, 1.54) is 0 Å². The summed E-state index contributed by atoms with van der Waals surface area (Å²) in [6.07, 6.45) is 0.0597. The van der Waals surface area contributed by atoms with Gasteiger partial charge in [0.25, 0.3) is 0 Å². The van der Waals surface area contributed by atoms with Crippen LogP contribution in [0, 0.1) is 5.41 Å². The summed E-state index contributed by atoms with van der Waals surface area (Å²) in [6, 6.07) is 0. The molecule has 0 aliphatic rings. The highest BCUT2D eigenvalue weighted by molar-refractivity contribution is 7.99. The normalized spacial score (nSPS) is 14.3. The van der Waals surface area contributed by atoms with E-state index in [1.807, 2.05) is 34.6 Å². The summed E-state index contributed by atoms with van der Waals surface area (Å²) in [5, 5.41) is 0. The lowest BCUT2D eigenvalue weighted by Gasteiger charge is -2.28. The minimum atomic E-state index is -0.497. The zero-order chi connectivity index (χ0) is 15.1. The van der Waals surface area contributed by atoms with Crippen molar-refractivity contribution in [3.05, 3.63) is 0 Å². The van der Waals surface area contributed by atoms with Crippen molar-refractivity contribution in [2.75, 3.05) is 32.3 Å². The minimum absolute atomic E-state index is 0.0597. The van der Waals surface area contributed by atoms with E-state index in [9.17, 15) is 4.79 Å². The number of thioether (sulfide) groups is 1. The van der Waals surface area contributed by atoms with Gasteiger partial charge >= 0.3 is 5.97 Å². The van der Waals surface area contributed by atoms with Crippen molar-refractivity contribution in [1.29, 1.82) is 0 Å². The molecule has 0 aromatic rings. The Labute approximate surface area is 121 Å². The number of hydrogen-bond acceptors (Lipinski definition) is 5. The maximum absolute atomic E-state index is 12.1. The van der Waals surface area contributed by atoms with E-state index >= 15 is 0 Å². The lowest BCUT2D eigenvalue weighted by Crippen LogP contribution is -2.35. The molecule has 114 valence electrons. The fourth-order valence-corrected chi connectivity index (χ4v) is 2.53. The van der Waals surface area contributed by atoms with Crippen molar-refractivity contribution in [2.45, 2.75) is 46.3 Å². The molecule has 0 spiro atoms. The maximum atomic E-state index is 12.1. The first-order valence-electron chi connectivity index (χ1n) is 6.45. The van der Waals surface area contributed by atoms with Gasteiger partial charge in [-0.25, -0.2) is 0 Å². The molecule has 1 atom stereocenters. The van der Waals surface area contributed by atoms with Crippen LogP contribution in [-0.2, 0) is 19.0 Å². The SMILES string of the molecule is COCC(CSCC(C)(C)C(=O)OC(C)(C)C)OC. The fraction of sp³-hybridized carbons (Fsp3) is 0.929. The lowest BCUT2D eigenvalue weighted by atomic mass is 9.96. The number of rotatable bonds is 8. The first-order valence-corrected chi connectivity index (χ1v) is 7.61. The molecule has 0 radical (unpaired) electrons. The van der Waals surface area contributed by atoms with Crippen LogP contribution in [-0.4, -0.2) is 50.0 Å². The zero-order valence-electron chi connectivity index (χ0n) is 13.2. The van der Waals surface area contributed by atoms with Crippen LogP contribution < -0.4 is 0 Å². The number of hydrogen-bond donors (Lipinski definition) is 0. The van der Waals surface area contributed by atoms with Crippen molar-refractivity contribution in [2.24, 2.45) is 5.41 Å². The average molecular weight is 292 g/mol. The second kappa shape index (κ2) is 8.12. The third-order valence-electron chi connectivity index (χ3n) is 2.40. The van der Waals surface area contributed by atoms with Gasteiger partial charge in [0.1, 0.15) is 5.60 Å². The first kappa shape index (κ1) is 18.7. The van der Waals surface area contributed by atoms with Gasteiger partial charge in [-0.05, 0) is 34.6 Å². The summed E-state index contributed by atoms with van der Waals surface area (Å²) in [4.78, 5) is 12.1. The Kier molecular flexibility index (Phi) is 8.01. The van der Waals surface area contributed by atoms with Gasteiger partial charge in [-0.15, -0.1) is 0 Å². The molecule has 0 aliphatic heterocycles. The van der Waals surface area contributed by atoms with Gasteiger partial charge in [0.05, 0.1) is 18.1 Å². The molecule has 0 aromatic carbocycles. The summed E-state index contributed by atoms with van der Waals surface area (Å²) >= 11 is 1.68. The van der Waals surface area contributed by atoms with Crippen molar-refractivity contribution < 1.29 is 19.0 Å². The van der Waals surface area contributed by atoms with Crippen LogP contribution in [0.3, 0.4) is 0 Å². The fourth-order valence-electron chi connectivity index (χ4n) is 1.29. The summed E-state index contributed by atoms with van der Waals surface area (Å²) in [5.41, 5.74) is -0.937. The molecule has 0 saturated heterocycles. The number of carbonyl (C=O) groups excluding carboxylic acids is 1. The Balaban J connectivity index is 4.19. The molecule has 5 heteroatoms. The van der Waals surface area contributed by atoms with Crippen LogP contribution in [0.15, 0.2) is 0 Å². The van der Waals surface area contributed by atoms with Crippen LogP contribution in [0.4, 0.5) is 0 Å². The minimum Gasteiger partial charge on any atom is -0.460 e. The highest BCUT2D eigenvalue weighted by Gasteiger charge is 2.32. The molecule has 19 heavy (non-hydrogen) atoms. The van der Waals surface area contributed by atoms with Gasteiger partial charge in [-0.3, -0.25) is 4.79 Å². The van der Waals surface area contributed by atoms with E-state index < -0.39 is 11.0 Å². The molecular weight excluding hydrogens is 264 g/mol. The number of methoxy groups -OCH3 is 2. The molecule has 0 fully saturated rings. The quantitative estimate of drug-likeness (QED) is 0.644. The van der Waals surface area contributed by atoms with Crippen molar-refractivity contribution in [3.63, 3.8) is 0 Å². The summed E-state index contributed by atoms with van der Waals surface area (Å²) in [5.74, 6) is 1.34. The Morgan fingerprint density at radius 3 is 2.16 bits per heavy atom. The molecule has 0 N–H and O–H groups in total. The maximum Gasteiger partial charge on any atom is 0.312 e. The molecule has 0 rings (SSSR count). The van der Waals surface area contributed by atoms with E-state index in [4.69, 9.17) is 14.2 Å². The Hall–Kier alpha value is -0.260. The second-order valence-corrected chi connectivity index (χ2v) is 7.24. The van der Waals surface area contributed by atoms with Crippen LogP contribution in [0.5, 0.6) is 0 Å². The third-order valence-corrected chi connectivity index (χ3v) is 3.94. The Morgan fingerprint density at radius 2 is 1.74 bits per heavy atom. The molecule has 0 amide bonds. The predicted molar refractivity (Wildman–Crippen MR) is 79.6 cm³/mol. The van der Waals surface area contributed by atoms with Crippen LogP contribution in [0.1, 0.15) is 34.6 Å². The van der Waals surface area contributed by atoms with Gasteiger partial charge < -0.3 is 14.2 Å². The molecule has 4 nitrogen and oxygen atoms in total. The van der Waals surface area contributed by atoms with E-state index in [0.29, 0.717) is 12.4 Å². The summed E-state index contributed by atoms with van der Waals surface area (Å²) in [6.45, 7) is 10.0. The molecule has 0 saturated carbocycles. The van der Waals surface area contributed by atoms with Crippen LogP contribution >= 0.6 is 11.8 Å². The molecule has 0 aliphatic carbocycles. The molecule has 0 heterocycles. The van der Waals surface area contributed by atoms with Crippen LogP contribution in [0.25, 0.3) is 0 Å². The first-order chi connectivity index (χ1) is 8.62. The van der Waals surface area contributed by atoms with Gasteiger partial charge in [0.2, 0.25) is 0 Å². The van der Waals surface area contributed by atoms with E-state index in [-0.39, 0.29) is 12.1 Å². The lowest BCUT2D eigenvalue weighted by molar-refractivity contribution is -0.164. The molecule has 1 unspecified atom stereocenters. The number of ether oxygens (including phenoxy) is 3. The van der Waals surface area contributed by atoms with Crippen LogP contribution in [0.2, 0.25) is 0 Å². The van der Waals surface area contributed by atoms with Crippen molar-refractivity contribution >= 4 is 17.7 Å². The number of carbonyl (C=O) groups is 1. The zero-order valence-corrected chi connectivity index (χ0v) is 14.1. The third kappa shape index (κ3) is 8.50. The van der Waals surface area contributed by atoms with Gasteiger partial charge in [-0.2, -0.15) is 11.8 Å². The average Bonchev–Trinajstić information content (AvgIpc) is 2.25. The van der Waals surface area contributed by atoms with E-state index in [0.717, 1.165) is 5.75 Å². The monoisotopic (exact) mass is 292 g/mol.